The van der Waals surface area contributed by atoms with E-state index in [4.69, 9.17) is 14.2 Å². The van der Waals surface area contributed by atoms with Crippen molar-refractivity contribution in [3.63, 3.8) is 0 Å². The van der Waals surface area contributed by atoms with Crippen molar-refractivity contribution in [2.24, 2.45) is 5.92 Å². The smallest absolute Gasteiger partial charge is 0.404 e. The van der Waals surface area contributed by atoms with Crippen LogP contribution in [0.2, 0.25) is 0 Å². The van der Waals surface area contributed by atoms with Gasteiger partial charge in [-0.1, -0.05) is 26.0 Å². The Morgan fingerprint density at radius 3 is 2.30 bits per heavy atom. The Bertz CT molecular complexity index is 1530. The number of fused-ring (bicyclic) bond motifs is 1. The van der Waals surface area contributed by atoms with E-state index < -0.39 is 33.2 Å². The molecule has 13 nitrogen and oxygen atoms in total. The van der Waals surface area contributed by atoms with E-state index in [-0.39, 0.29) is 49.4 Å². The summed E-state index contributed by atoms with van der Waals surface area (Å²) in [5.41, 5.74) is 1.40. The van der Waals surface area contributed by atoms with E-state index in [1.807, 2.05) is 13.8 Å². The molecular weight excluding hydrogens is 582 g/mol. The number of carbonyl (C=O) groups is 1. The highest BCUT2D eigenvalue weighted by Gasteiger charge is 2.32. The van der Waals surface area contributed by atoms with Crippen LogP contribution < -0.4 is 19.5 Å². The molecule has 3 aromatic rings. The van der Waals surface area contributed by atoms with Crippen LogP contribution in [0.3, 0.4) is 0 Å². The second-order valence-corrected chi connectivity index (χ2v) is 12.4. The standard InChI is InChI=1S/C29H33N3O10S/c1-19(2)15-31(43(38,39)24-11-12-27-28(14-24)42-18-41-27)16-26(33)25(30-29(34)35)13-20-5-9-23(10-6-20)40-17-21-3-7-22(8-4-21)32(36)37/h3-12,14,19,25-26,30,33H,13,15-18H2,1-2H3,(H,34,35)/t25-,26-/m0/s1. The van der Waals surface area contributed by atoms with Crippen molar-refractivity contribution in [3.05, 3.63) is 88.0 Å². The Kier molecular flexibility index (Phi) is 10.1. The van der Waals surface area contributed by atoms with Crippen LogP contribution in [0.5, 0.6) is 17.2 Å². The predicted octanol–water partition coefficient (Wildman–Crippen LogP) is 3.79. The zero-order chi connectivity index (χ0) is 31.1. The van der Waals surface area contributed by atoms with Crippen molar-refractivity contribution < 1.29 is 42.6 Å². The number of nitro benzene ring substituents is 1. The molecule has 1 amide bonds. The average molecular weight is 616 g/mol. The number of rotatable bonds is 14. The van der Waals surface area contributed by atoms with E-state index in [1.54, 1.807) is 36.4 Å². The summed E-state index contributed by atoms with van der Waals surface area (Å²) in [6.07, 6.45) is -2.66. The van der Waals surface area contributed by atoms with Gasteiger partial charge in [-0.2, -0.15) is 4.31 Å². The SMILES string of the molecule is CC(C)CN(C[C@H](O)[C@H](Cc1ccc(OCc2ccc([N+](=O)[O-])cc2)cc1)NC(=O)O)S(=O)(=O)c1ccc2c(c1)OCO2. The number of aliphatic hydroxyl groups excluding tert-OH is 1. The van der Waals surface area contributed by atoms with Crippen molar-refractivity contribution in [1.82, 2.24) is 9.62 Å². The lowest BCUT2D eigenvalue weighted by atomic mass is 10.0. The van der Waals surface area contributed by atoms with Crippen LogP contribution in [0.4, 0.5) is 10.5 Å². The van der Waals surface area contributed by atoms with Gasteiger partial charge in [-0.25, -0.2) is 13.2 Å². The molecule has 1 aliphatic rings. The number of nitro groups is 1. The maximum atomic E-state index is 13.6. The molecule has 0 aliphatic carbocycles. The van der Waals surface area contributed by atoms with Gasteiger partial charge in [0.05, 0.1) is 22.0 Å². The lowest BCUT2D eigenvalue weighted by molar-refractivity contribution is -0.384. The van der Waals surface area contributed by atoms with Gasteiger partial charge in [-0.05, 0) is 59.9 Å². The van der Waals surface area contributed by atoms with Gasteiger partial charge in [0.2, 0.25) is 16.8 Å². The van der Waals surface area contributed by atoms with Crippen LogP contribution in [0, 0.1) is 16.0 Å². The number of benzene rings is 3. The summed E-state index contributed by atoms with van der Waals surface area (Å²) in [7, 11) is -4.08. The monoisotopic (exact) mass is 615 g/mol. The topological polar surface area (TPSA) is 178 Å². The largest absolute Gasteiger partial charge is 0.489 e. The van der Waals surface area contributed by atoms with Crippen molar-refractivity contribution in [1.29, 1.82) is 0 Å². The number of hydrogen-bond acceptors (Lipinski definition) is 9. The zero-order valence-electron chi connectivity index (χ0n) is 23.6. The molecule has 0 bridgehead atoms. The van der Waals surface area contributed by atoms with Crippen LogP contribution in [0.15, 0.2) is 71.6 Å². The Labute approximate surface area is 248 Å². The fourth-order valence-electron chi connectivity index (χ4n) is 4.50. The minimum atomic E-state index is -4.08. The number of aliphatic hydroxyl groups is 1. The van der Waals surface area contributed by atoms with E-state index in [0.717, 1.165) is 9.87 Å². The van der Waals surface area contributed by atoms with E-state index in [0.29, 0.717) is 22.8 Å². The first-order chi connectivity index (χ1) is 20.4. The van der Waals surface area contributed by atoms with E-state index in [9.17, 15) is 33.5 Å². The molecule has 0 aromatic heterocycles. The third-order valence-electron chi connectivity index (χ3n) is 6.65. The molecule has 0 saturated carbocycles. The lowest BCUT2D eigenvalue weighted by Gasteiger charge is -2.30. The lowest BCUT2D eigenvalue weighted by Crippen LogP contribution is -2.50. The summed E-state index contributed by atoms with van der Waals surface area (Å²) >= 11 is 0. The molecule has 3 N–H and O–H groups in total. The average Bonchev–Trinajstić information content (AvgIpc) is 3.44. The van der Waals surface area contributed by atoms with Gasteiger partial charge in [0.15, 0.2) is 11.5 Å². The Balaban J connectivity index is 1.44. The minimum Gasteiger partial charge on any atom is -0.489 e. The fraction of sp³-hybridized carbons (Fsp3) is 0.345. The number of non-ortho nitro benzene ring substituents is 1. The van der Waals surface area contributed by atoms with Gasteiger partial charge < -0.3 is 29.7 Å². The van der Waals surface area contributed by atoms with Gasteiger partial charge in [0.1, 0.15) is 12.4 Å². The van der Waals surface area contributed by atoms with Gasteiger partial charge in [-0.15, -0.1) is 0 Å². The van der Waals surface area contributed by atoms with Crippen molar-refractivity contribution in [2.45, 2.75) is 43.9 Å². The summed E-state index contributed by atoms with van der Waals surface area (Å²) < 4.78 is 44.7. The molecule has 4 rings (SSSR count). The molecule has 0 spiro atoms. The third-order valence-corrected chi connectivity index (χ3v) is 8.47. The summed E-state index contributed by atoms with van der Waals surface area (Å²) in [5, 5.41) is 33.7. The normalized spacial score (nSPS) is 14.0. The second-order valence-electron chi connectivity index (χ2n) is 10.4. The van der Waals surface area contributed by atoms with Crippen molar-refractivity contribution in [3.8, 4) is 17.2 Å². The molecule has 0 saturated heterocycles. The van der Waals surface area contributed by atoms with Crippen LogP contribution >= 0.6 is 0 Å². The number of nitrogens with one attached hydrogen (secondary N) is 1. The summed E-state index contributed by atoms with van der Waals surface area (Å²) in [6.45, 7) is 3.59. The number of sulfonamides is 1. The summed E-state index contributed by atoms with van der Waals surface area (Å²) in [6, 6.07) is 16.0. The molecule has 2 atom stereocenters. The van der Waals surface area contributed by atoms with Gasteiger partial charge >= 0.3 is 6.09 Å². The Morgan fingerprint density at radius 1 is 1.02 bits per heavy atom. The highest BCUT2D eigenvalue weighted by molar-refractivity contribution is 7.89. The van der Waals surface area contributed by atoms with Crippen molar-refractivity contribution >= 4 is 21.8 Å². The molecule has 1 aliphatic heterocycles. The fourth-order valence-corrected chi connectivity index (χ4v) is 6.14. The molecule has 0 unspecified atom stereocenters. The predicted molar refractivity (Wildman–Crippen MR) is 155 cm³/mol. The van der Waals surface area contributed by atoms with Gasteiger partial charge in [-0.3, -0.25) is 10.1 Å². The Morgan fingerprint density at radius 2 is 1.67 bits per heavy atom. The maximum Gasteiger partial charge on any atom is 0.404 e. The van der Waals surface area contributed by atoms with E-state index >= 15 is 0 Å². The number of carboxylic acid groups (broad SMARTS) is 1. The number of ether oxygens (including phenoxy) is 3. The molecule has 230 valence electrons. The summed E-state index contributed by atoms with van der Waals surface area (Å²) in [4.78, 5) is 21.9. The van der Waals surface area contributed by atoms with E-state index in [2.05, 4.69) is 5.32 Å². The number of nitrogens with zero attached hydrogens (tertiary/aromatic N) is 2. The van der Waals surface area contributed by atoms with Crippen LogP contribution in [0.25, 0.3) is 0 Å². The Hall–Kier alpha value is -4.40. The minimum absolute atomic E-state index is 0.0112. The first-order valence-corrected chi connectivity index (χ1v) is 14.9. The molecule has 3 aromatic carbocycles. The van der Waals surface area contributed by atoms with Crippen LogP contribution in [-0.4, -0.2) is 66.0 Å². The van der Waals surface area contributed by atoms with Crippen molar-refractivity contribution in [2.75, 3.05) is 19.9 Å². The van der Waals surface area contributed by atoms with Gasteiger partial charge in [0, 0.05) is 31.3 Å². The molecule has 0 fully saturated rings. The van der Waals surface area contributed by atoms with Gasteiger partial charge in [0.25, 0.3) is 5.69 Å². The highest BCUT2D eigenvalue weighted by Crippen LogP contribution is 2.35. The number of hydrogen-bond donors (Lipinski definition) is 3. The van der Waals surface area contributed by atoms with E-state index in [1.165, 1.54) is 30.3 Å². The first-order valence-electron chi connectivity index (χ1n) is 13.4. The number of amides is 1. The van der Waals surface area contributed by atoms with Crippen LogP contribution in [0.1, 0.15) is 25.0 Å². The molecule has 14 heteroatoms. The second kappa shape index (κ2) is 13.7. The first kappa shape index (κ1) is 31.5. The molecular formula is C29H33N3O10S. The summed E-state index contributed by atoms with van der Waals surface area (Å²) in [5.74, 6) is 1.17. The molecule has 0 radical (unpaired) electrons. The third kappa shape index (κ3) is 8.34. The quantitative estimate of drug-likeness (QED) is 0.179. The maximum absolute atomic E-state index is 13.6. The van der Waals surface area contributed by atoms with Crippen LogP contribution in [-0.2, 0) is 23.1 Å². The molecule has 1 heterocycles. The highest BCUT2D eigenvalue weighted by atomic mass is 32.2. The molecule has 43 heavy (non-hydrogen) atoms. The zero-order valence-corrected chi connectivity index (χ0v) is 24.4.